The maximum Gasteiger partial charge on any atom is 0.255 e. The number of ether oxygens (including phenoxy) is 3. The van der Waals surface area contributed by atoms with Crippen molar-refractivity contribution in [3.8, 4) is 17.2 Å². The summed E-state index contributed by atoms with van der Waals surface area (Å²) in [6.45, 7) is 3.79. The molecule has 0 fully saturated rings. The highest BCUT2D eigenvalue weighted by Crippen LogP contribution is 2.51. The molecule has 0 bridgehead atoms. The summed E-state index contributed by atoms with van der Waals surface area (Å²) in [5.41, 5.74) is 5.18. The molecule has 0 radical (unpaired) electrons. The second-order valence-electron chi connectivity index (χ2n) is 10.0. The molecular formula is C32H33N3O5. The molecule has 0 unspecified atom stereocenters. The molecule has 0 saturated heterocycles. The average molecular weight is 540 g/mol. The fourth-order valence-electron chi connectivity index (χ4n) is 5.69. The van der Waals surface area contributed by atoms with Crippen LogP contribution in [0.2, 0.25) is 0 Å². The van der Waals surface area contributed by atoms with Gasteiger partial charge in [0.1, 0.15) is 5.82 Å². The quantitative estimate of drug-likeness (QED) is 0.414. The lowest BCUT2D eigenvalue weighted by molar-refractivity contribution is -0.116. The van der Waals surface area contributed by atoms with Crippen molar-refractivity contribution in [3.05, 3.63) is 100 Å². The number of anilines is 1. The van der Waals surface area contributed by atoms with Gasteiger partial charge in [0.05, 0.1) is 27.2 Å². The van der Waals surface area contributed by atoms with Crippen LogP contribution in [0.3, 0.4) is 0 Å². The van der Waals surface area contributed by atoms with Crippen LogP contribution >= 0.6 is 0 Å². The fraction of sp³-hybridized carbons (Fsp3) is 0.281. The number of methoxy groups -OCH3 is 3. The molecule has 40 heavy (non-hydrogen) atoms. The molecule has 2 heterocycles. The highest BCUT2D eigenvalue weighted by molar-refractivity contribution is 6.10. The molecule has 5 rings (SSSR count). The van der Waals surface area contributed by atoms with E-state index < -0.39 is 5.92 Å². The molecule has 1 aliphatic heterocycles. The van der Waals surface area contributed by atoms with E-state index in [0.717, 1.165) is 16.8 Å². The van der Waals surface area contributed by atoms with E-state index in [9.17, 15) is 9.59 Å². The number of hydrogen-bond acceptors (Lipinski definition) is 7. The van der Waals surface area contributed by atoms with Crippen LogP contribution in [0.1, 0.15) is 48.3 Å². The lowest BCUT2D eigenvalue weighted by atomic mass is 9.71. The number of pyridine rings is 1. The smallest absolute Gasteiger partial charge is 0.255 e. The number of rotatable bonds is 7. The fourth-order valence-corrected chi connectivity index (χ4v) is 5.69. The van der Waals surface area contributed by atoms with Gasteiger partial charge < -0.3 is 24.8 Å². The third kappa shape index (κ3) is 4.93. The first-order chi connectivity index (χ1) is 19.4. The van der Waals surface area contributed by atoms with Gasteiger partial charge in [0.15, 0.2) is 17.3 Å². The number of carbonyl (C=O) groups is 2. The van der Waals surface area contributed by atoms with Gasteiger partial charge in [-0.1, -0.05) is 42.5 Å². The van der Waals surface area contributed by atoms with Crippen LogP contribution in [0.4, 0.5) is 5.82 Å². The van der Waals surface area contributed by atoms with E-state index in [2.05, 4.69) is 27.8 Å². The molecule has 0 saturated carbocycles. The highest BCUT2D eigenvalue weighted by Gasteiger charge is 2.42. The van der Waals surface area contributed by atoms with E-state index in [1.807, 2.05) is 44.2 Å². The topological polar surface area (TPSA) is 98.8 Å². The average Bonchev–Trinajstić information content (AvgIpc) is 2.96. The Bertz CT molecular complexity index is 1510. The van der Waals surface area contributed by atoms with E-state index in [1.54, 1.807) is 25.4 Å². The molecule has 1 amide bonds. The van der Waals surface area contributed by atoms with Gasteiger partial charge >= 0.3 is 0 Å². The zero-order chi connectivity index (χ0) is 28.4. The molecule has 206 valence electrons. The number of aromatic nitrogens is 1. The molecule has 2 aliphatic rings. The number of allylic oxidation sites excluding steroid dienone is 3. The number of hydrogen-bond donors (Lipinski definition) is 2. The van der Waals surface area contributed by atoms with Crippen LogP contribution in [0.15, 0.2) is 83.3 Å². The minimum atomic E-state index is -0.694. The number of benzene rings is 2. The molecule has 1 aliphatic carbocycles. The molecule has 2 atom stereocenters. The van der Waals surface area contributed by atoms with Crippen molar-refractivity contribution in [2.75, 3.05) is 26.6 Å². The number of dihydropyridines is 1. The van der Waals surface area contributed by atoms with E-state index in [0.29, 0.717) is 58.3 Å². The van der Waals surface area contributed by atoms with Crippen molar-refractivity contribution >= 4 is 17.5 Å². The van der Waals surface area contributed by atoms with E-state index in [-0.39, 0.29) is 17.6 Å². The van der Waals surface area contributed by atoms with Crippen molar-refractivity contribution in [2.45, 2.75) is 38.5 Å². The van der Waals surface area contributed by atoms with Crippen molar-refractivity contribution in [3.63, 3.8) is 0 Å². The van der Waals surface area contributed by atoms with Gasteiger partial charge in [0.25, 0.3) is 5.91 Å². The Morgan fingerprint density at radius 2 is 1.68 bits per heavy atom. The third-order valence-corrected chi connectivity index (χ3v) is 7.54. The number of carbonyl (C=O) groups excluding carboxylic acids is 2. The third-order valence-electron chi connectivity index (χ3n) is 7.54. The summed E-state index contributed by atoms with van der Waals surface area (Å²) in [7, 11) is 4.62. The van der Waals surface area contributed by atoms with Crippen molar-refractivity contribution < 1.29 is 23.8 Å². The maximum absolute atomic E-state index is 14.0. The Kier molecular flexibility index (Phi) is 7.60. The zero-order valence-electron chi connectivity index (χ0n) is 23.3. The first kappa shape index (κ1) is 27.0. The maximum atomic E-state index is 14.0. The van der Waals surface area contributed by atoms with Crippen LogP contribution < -0.4 is 24.8 Å². The summed E-state index contributed by atoms with van der Waals surface area (Å²) >= 11 is 0. The van der Waals surface area contributed by atoms with Crippen LogP contribution in [-0.2, 0) is 9.59 Å². The first-order valence-corrected chi connectivity index (χ1v) is 13.2. The van der Waals surface area contributed by atoms with Gasteiger partial charge in [-0.15, -0.1) is 0 Å². The van der Waals surface area contributed by atoms with Gasteiger partial charge in [-0.05, 0) is 49.4 Å². The molecule has 8 heteroatoms. The Hall–Kier alpha value is -4.59. The van der Waals surface area contributed by atoms with E-state index >= 15 is 0 Å². The lowest BCUT2D eigenvalue weighted by Gasteiger charge is -2.37. The van der Waals surface area contributed by atoms with Gasteiger partial charge in [-0.3, -0.25) is 9.59 Å². The van der Waals surface area contributed by atoms with Gasteiger partial charge in [0.2, 0.25) is 5.75 Å². The van der Waals surface area contributed by atoms with Gasteiger partial charge in [-0.2, -0.15) is 0 Å². The summed E-state index contributed by atoms with van der Waals surface area (Å²) in [5, 5.41) is 6.35. The normalized spacial score (nSPS) is 18.6. The second-order valence-corrected chi connectivity index (χ2v) is 10.0. The summed E-state index contributed by atoms with van der Waals surface area (Å²) < 4.78 is 17.0. The van der Waals surface area contributed by atoms with Crippen LogP contribution in [-0.4, -0.2) is 38.0 Å². The van der Waals surface area contributed by atoms with Crippen molar-refractivity contribution in [2.24, 2.45) is 0 Å². The number of nitrogens with one attached hydrogen (secondary N) is 2. The van der Waals surface area contributed by atoms with E-state index in [4.69, 9.17) is 14.2 Å². The number of amides is 1. The standard InChI is InChI=1S/C32H33N3O5/c1-18-11-14-26(33-17-18)35-32(37)27-19(2)34-23-15-21(20-9-7-6-8-10-20)16-24(36)29(23)28(27)22-12-13-25(38-3)31(40-5)30(22)39-4/h6-14,17,21,28,34H,15-16H2,1-5H3,(H,33,35,37)/t21-,28-/m1/s1. The lowest BCUT2D eigenvalue weighted by Crippen LogP contribution is -2.37. The van der Waals surface area contributed by atoms with Crippen LogP contribution in [0.25, 0.3) is 0 Å². The predicted octanol–water partition coefficient (Wildman–Crippen LogP) is 5.42. The van der Waals surface area contributed by atoms with Crippen LogP contribution in [0.5, 0.6) is 17.2 Å². The SMILES string of the molecule is COc1ccc([C@@H]2C(C(=O)Nc3ccc(C)cn3)=C(C)NC3=C2C(=O)C[C@H](c2ccccc2)C3)c(OC)c1OC. The number of aryl methyl sites for hydroxylation is 1. The zero-order valence-corrected chi connectivity index (χ0v) is 23.3. The summed E-state index contributed by atoms with van der Waals surface area (Å²) in [5.74, 6) is 0.682. The first-order valence-electron chi connectivity index (χ1n) is 13.2. The summed E-state index contributed by atoms with van der Waals surface area (Å²) in [4.78, 5) is 32.2. The molecule has 8 nitrogen and oxygen atoms in total. The molecule has 2 N–H and O–H groups in total. The van der Waals surface area contributed by atoms with Crippen LogP contribution in [0, 0.1) is 6.92 Å². The minimum absolute atomic E-state index is 0.0179. The van der Waals surface area contributed by atoms with E-state index in [1.165, 1.54) is 14.2 Å². The highest BCUT2D eigenvalue weighted by atomic mass is 16.5. The molecule has 2 aromatic carbocycles. The van der Waals surface area contributed by atoms with Crippen molar-refractivity contribution in [1.82, 2.24) is 10.3 Å². The minimum Gasteiger partial charge on any atom is -0.493 e. The molecular weight excluding hydrogens is 506 g/mol. The number of ketones is 1. The largest absolute Gasteiger partial charge is 0.493 e. The molecule has 1 aromatic heterocycles. The number of nitrogens with zero attached hydrogens (tertiary/aromatic N) is 1. The van der Waals surface area contributed by atoms with Gasteiger partial charge in [0, 0.05) is 40.7 Å². The molecule has 3 aromatic rings. The van der Waals surface area contributed by atoms with Gasteiger partial charge in [-0.25, -0.2) is 4.98 Å². The summed E-state index contributed by atoms with van der Waals surface area (Å²) in [6, 6.07) is 17.3. The molecule has 0 spiro atoms. The monoisotopic (exact) mass is 539 g/mol. The Balaban J connectivity index is 1.65. The second kappa shape index (κ2) is 11.3. The predicted molar refractivity (Wildman–Crippen MR) is 153 cm³/mol. The Morgan fingerprint density at radius 1 is 0.925 bits per heavy atom. The number of Topliss-reactive ketones (excluding diaryl/α,β-unsaturated/α-hetero) is 1. The Morgan fingerprint density at radius 3 is 2.33 bits per heavy atom. The Labute approximate surface area is 234 Å². The summed E-state index contributed by atoms with van der Waals surface area (Å²) in [6.07, 6.45) is 2.67. The van der Waals surface area contributed by atoms with Crippen molar-refractivity contribution in [1.29, 1.82) is 0 Å².